The Labute approximate surface area is 149 Å². The highest BCUT2D eigenvalue weighted by Crippen LogP contribution is 2.34. The minimum absolute atomic E-state index is 0.223. The van der Waals surface area contributed by atoms with Crippen LogP contribution in [0.5, 0.6) is 0 Å². The molecule has 1 atom stereocenters. The monoisotopic (exact) mass is 346 g/mol. The Bertz CT molecular complexity index is 662. The van der Waals surface area contributed by atoms with Gasteiger partial charge in [0.05, 0.1) is 23.8 Å². The van der Waals surface area contributed by atoms with Crippen LogP contribution >= 0.6 is 0 Å². The number of hydrogen-bond acceptors (Lipinski definition) is 4. The molecule has 1 aromatic rings. The van der Waals surface area contributed by atoms with E-state index in [9.17, 15) is 14.6 Å². The van der Waals surface area contributed by atoms with Gasteiger partial charge >= 0.3 is 0 Å². The molecule has 0 heterocycles. The first-order chi connectivity index (χ1) is 11.9. The van der Waals surface area contributed by atoms with E-state index < -0.39 is 5.60 Å². The molecule has 0 aliphatic carbocycles. The summed E-state index contributed by atoms with van der Waals surface area (Å²) in [5.74, 6) is -0.363. The van der Waals surface area contributed by atoms with Crippen LogP contribution in [0, 0.1) is 11.3 Å². The van der Waals surface area contributed by atoms with Crippen molar-refractivity contribution in [3.8, 4) is 6.07 Å². The second-order valence-electron chi connectivity index (χ2n) is 6.36. The maximum Gasteiger partial charge on any atom is 0.118 e. The van der Waals surface area contributed by atoms with Gasteiger partial charge in [0.25, 0.3) is 0 Å². The van der Waals surface area contributed by atoms with Gasteiger partial charge in [-0.25, -0.2) is 4.39 Å². The van der Waals surface area contributed by atoms with Crippen molar-refractivity contribution in [3.05, 3.63) is 58.9 Å². The van der Waals surface area contributed by atoms with Crippen LogP contribution in [-0.2, 0) is 12.2 Å². The van der Waals surface area contributed by atoms with Crippen molar-refractivity contribution in [2.24, 2.45) is 0 Å². The summed E-state index contributed by atoms with van der Waals surface area (Å²) in [4.78, 5) is 2.03. The summed E-state index contributed by atoms with van der Waals surface area (Å²) in [6, 6.07) is 6.93. The molecule has 0 spiro atoms. The maximum absolute atomic E-state index is 13.3. The van der Waals surface area contributed by atoms with E-state index in [-0.39, 0.29) is 18.9 Å². The van der Waals surface area contributed by atoms with Crippen LogP contribution in [0.15, 0.2) is 42.3 Å². The van der Waals surface area contributed by atoms with E-state index >= 15 is 0 Å². The van der Waals surface area contributed by atoms with Crippen molar-refractivity contribution < 1.29 is 14.6 Å². The summed E-state index contributed by atoms with van der Waals surface area (Å²) in [6.07, 6.45) is 5.72. The highest BCUT2D eigenvalue weighted by molar-refractivity contribution is 5.41. The molecule has 0 saturated carbocycles. The molecule has 0 aliphatic rings. The van der Waals surface area contributed by atoms with Crippen LogP contribution in [0.25, 0.3) is 0 Å². The van der Waals surface area contributed by atoms with Crippen molar-refractivity contribution in [3.63, 3.8) is 0 Å². The van der Waals surface area contributed by atoms with Crippen molar-refractivity contribution in [2.45, 2.75) is 38.4 Å². The summed E-state index contributed by atoms with van der Waals surface area (Å²) in [5.41, 5.74) is 0.301. The molecule has 1 rings (SSSR count). The Balaban J connectivity index is 3.16. The second kappa shape index (κ2) is 10.1. The number of aliphatic hydroxyl groups is 2. The number of allylic oxidation sites excluding steroid dienone is 3. The number of nitriles is 1. The third-order valence-electron chi connectivity index (χ3n) is 4.11. The molecule has 0 amide bonds. The highest BCUT2D eigenvalue weighted by atomic mass is 19.1. The number of hydrogen-bond donors (Lipinski definition) is 2. The average molecular weight is 346 g/mol. The van der Waals surface area contributed by atoms with E-state index in [1.54, 1.807) is 31.2 Å². The van der Waals surface area contributed by atoms with Crippen LogP contribution in [0.3, 0.4) is 0 Å². The molecule has 136 valence electrons. The number of halogens is 1. The molecule has 0 fully saturated rings. The van der Waals surface area contributed by atoms with Crippen LogP contribution in [-0.4, -0.2) is 35.8 Å². The summed E-state index contributed by atoms with van der Waals surface area (Å²) in [6.45, 7) is 2.14. The van der Waals surface area contributed by atoms with Gasteiger partial charge in [0.2, 0.25) is 0 Å². The molecule has 4 nitrogen and oxygen atoms in total. The minimum Gasteiger partial charge on any atom is -0.392 e. The molecule has 0 bridgehead atoms. The van der Waals surface area contributed by atoms with Crippen molar-refractivity contribution in [1.29, 1.82) is 5.26 Å². The first kappa shape index (κ1) is 21.0. The van der Waals surface area contributed by atoms with Crippen molar-refractivity contribution in [1.82, 2.24) is 4.90 Å². The maximum atomic E-state index is 13.3. The number of rotatable bonds is 9. The van der Waals surface area contributed by atoms with E-state index in [4.69, 9.17) is 5.26 Å². The summed E-state index contributed by atoms with van der Waals surface area (Å²) < 4.78 is 13.3. The number of aliphatic hydroxyl groups excluding tert-OH is 1. The largest absolute Gasteiger partial charge is 0.392 e. The normalized spacial score (nSPS) is 14.7. The van der Waals surface area contributed by atoms with Gasteiger partial charge in [-0.2, -0.15) is 5.26 Å². The van der Waals surface area contributed by atoms with E-state index in [0.717, 1.165) is 13.0 Å². The third kappa shape index (κ3) is 6.43. The molecule has 25 heavy (non-hydrogen) atoms. The quantitative estimate of drug-likeness (QED) is 0.673. The van der Waals surface area contributed by atoms with E-state index in [1.165, 1.54) is 12.2 Å². The van der Waals surface area contributed by atoms with Gasteiger partial charge in [0, 0.05) is 0 Å². The summed E-state index contributed by atoms with van der Waals surface area (Å²) in [7, 11) is 3.92. The Hall–Kier alpha value is -2.00. The van der Waals surface area contributed by atoms with Gasteiger partial charge in [-0.05, 0) is 76.2 Å². The van der Waals surface area contributed by atoms with Crippen molar-refractivity contribution in [2.75, 3.05) is 20.6 Å². The van der Waals surface area contributed by atoms with E-state index in [0.29, 0.717) is 23.1 Å². The zero-order valence-electron chi connectivity index (χ0n) is 15.2. The zero-order chi connectivity index (χ0) is 18.9. The summed E-state index contributed by atoms with van der Waals surface area (Å²) in [5, 5.41) is 29.9. The minimum atomic E-state index is -1.23. The van der Waals surface area contributed by atoms with E-state index in [2.05, 4.69) is 0 Å². The fourth-order valence-corrected chi connectivity index (χ4v) is 2.75. The van der Waals surface area contributed by atoms with Gasteiger partial charge in [-0.3, -0.25) is 0 Å². The smallest absolute Gasteiger partial charge is 0.118 e. The van der Waals surface area contributed by atoms with Crippen LogP contribution in [0.4, 0.5) is 4.39 Å². The fourth-order valence-electron chi connectivity index (χ4n) is 2.75. The molecule has 0 radical (unpaired) electrons. The molecular weight excluding hydrogens is 319 g/mol. The van der Waals surface area contributed by atoms with Gasteiger partial charge < -0.3 is 15.1 Å². The van der Waals surface area contributed by atoms with Gasteiger partial charge in [0.15, 0.2) is 0 Å². The average Bonchev–Trinajstić information content (AvgIpc) is 2.60. The molecule has 1 aromatic carbocycles. The van der Waals surface area contributed by atoms with Crippen LogP contribution < -0.4 is 0 Å². The lowest BCUT2D eigenvalue weighted by atomic mass is 9.82. The Morgan fingerprint density at radius 3 is 2.68 bits per heavy atom. The lowest BCUT2D eigenvalue weighted by Crippen LogP contribution is -2.28. The third-order valence-corrected chi connectivity index (χ3v) is 4.11. The molecular formula is C20H27FN2O2. The standard InChI is InChI=1S/C20H27FN2O2/c1-4-18(21)7-5-10-20(25,11-6-12-23(2)3)19-9-8-16(14-22)13-17(19)15-24/h4-5,7-9,13,24-25H,6,10-12,15H2,1-3H3/b7-5-,18-4+. The second-order valence-corrected chi connectivity index (χ2v) is 6.36. The van der Waals surface area contributed by atoms with Gasteiger partial charge in [-0.15, -0.1) is 0 Å². The van der Waals surface area contributed by atoms with Crippen molar-refractivity contribution >= 4 is 0 Å². The lowest BCUT2D eigenvalue weighted by Gasteiger charge is -2.30. The topological polar surface area (TPSA) is 67.5 Å². The SMILES string of the molecule is C/C=C(F)\C=C/CC(O)(CCCN(C)C)c1ccc(C#N)cc1CO. The predicted molar refractivity (Wildman–Crippen MR) is 97.4 cm³/mol. The van der Waals surface area contributed by atoms with Gasteiger partial charge in [0.1, 0.15) is 5.83 Å². The molecule has 0 aliphatic heterocycles. The highest BCUT2D eigenvalue weighted by Gasteiger charge is 2.30. The Kier molecular flexibility index (Phi) is 8.50. The van der Waals surface area contributed by atoms with Gasteiger partial charge in [-0.1, -0.05) is 18.2 Å². The molecule has 1 unspecified atom stereocenters. The fraction of sp³-hybridized carbons (Fsp3) is 0.450. The molecule has 0 aromatic heterocycles. The summed E-state index contributed by atoms with van der Waals surface area (Å²) >= 11 is 0. The van der Waals surface area contributed by atoms with Crippen LogP contribution in [0.2, 0.25) is 0 Å². The van der Waals surface area contributed by atoms with E-state index in [1.807, 2.05) is 25.1 Å². The predicted octanol–water partition coefficient (Wildman–Crippen LogP) is 3.40. The molecule has 0 saturated heterocycles. The number of benzene rings is 1. The first-order valence-corrected chi connectivity index (χ1v) is 8.36. The first-order valence-electron chi connectivity index (χ1n) is 8.36. The lowest BCUT2D eigenvalue weighted by molar-refractivity contribution is 0.0247. The Morgan fingerprint density at radius 1 is 1.40 bits per heavy atom. The molecule has 2 N–H and O–H groups in total. The number of nitrogens with zero attached hydrogens (tertiary/aromatic N) is 2. The van der Waals surface area contributed by atoms with Crippen LogP contribution in [0.1, 0.15) is 42.9 Å². The Morgan fingerprint density at radius 2 is 2.12 bits per heavy atom. The molecule has 5 heteroatoms. The zero-order valence-corrected chi connectivity index (χ0v) is 15.2.